The van der Waals surface area contributed by atoms with Crippen LogP contribution in [0.25, 0.3) is 161 Å². The molecule has 615 valence electrons. The van der Waals surface area contributed by atoms with E-state index in [1.165, 1.54) is 61.2 Å². The van der Waals surface area contributed by atoms with E-state index < -0.39 is 0 Å². The van der Waals surface area contributed by atoms with Gasteiger partial charge in [0, 0.05) is 80.7 Å². The van der Waals surface area contributed by atoms with Gasteiger partial charge < -0.3 is 15.0 Å². The van der Waals surface area contributed by atoms with Gasteiger partial charge in [-0.1, -0.05) is 307 Å². The molecule has 0 saturated heterocycles. The third-order valence-corrected chi connectivity index (χ3v) is 20.9. The second-order valence-corrected chi connectivity index (χ2v) is 31.3. The number of hydrogen-bond donors (Lipinski definition) is 0. The number of aromatic nitrogens is 10. The maximum absolute atomic E-state index is 4.90. The average molecular weight is 1840 g/mol. The van der Waals surface area contributed by atoms with Crippen LogP contribution in [0.5, 0.6) is 0 Å². The van der Waals surface area contributed by atoms with Crippen LogP contribution in [0.3, 0.4) is 0 Å². The van der Waals surface area contributed by atoms with E-state index in [1.807, 2.05) is 202 Å². The molecule has 21 aromatic rings. The Hall–Kier alpha value is -14.8. The predicted molar refractivity (Wildman–Crippen MR) is 529 cm³/mol. The molecule has 8 heterocycles. The van der Waals surface area contributed by atoms with Crippen LogP contribution in [-0.4, -0.2) is 56.7 Å². The summed E-state index contributed by atoms with van der Waals surface area (Å²) >= 11 is 0. The van der Waals surface area contributed by atoms with Crippen LogP contribution >= 0.6 is 9.12 Å². The zero-order valence-electron chi connectivity index (χ0n) is 71.5. The van der Waals surface area contributed by atoms with E-state index in [4.69, 9.17) is 9.97 Å². The molecule has 127 heavy (non-hydrogen) atoms. The number of nitrogens with zero attached hydrogens (tertiary/aromatic N) is 10. The molecule has 0 aliphatic carbocycles. The van der Waals surface area contributed by atoms with Crippen LogP contribution in [0.15, 0.2) is 437 Å². The summed E-state index contributed by atoms with van der Waals surface area (Å²) in [5, 5.41) is 13.8. The van der Waals surface area contributed by atoms with Crippen molar-refractivity contribution in [1.82, 2.24) is 49.7 Å². The Bertz CT molecular complexity index is 6490. The first-order valence-electron chi connectivity index (χ1n) is 42.0. The van der Waals surface area contributed by atoms with Gasteiger partial charge in [-0.25, -0.2) is 0 Å². The van der Waals surface area contributed by atoms with E-state index in [2.05, 4.69) is 332 Å². The smallest absolute Gasteiger partial charge is 0.305 e. The molecular weight excluding hydrogens is 1740 g/mol. The molecule has 1 unspecified atom stereocenters. The molecule has 0 saturated carbocycles. The largest absolute Gasteiger partial charge is 3.00 e. The molecule has 1 atom stereocenters. The topological polar surface area (TPSA) is 121 Å². The number of fused-ring (bicyclic) bond motifs is 6. The van der Waals surface area contributed by atoms with Crippen LogP contribution in [0.2, 0.25) is 6.82 Å². The normalized spacial score (nSPS) is 10.6. The van der Waals surface area contributed by atoms with Crippen molar-refractivity contribution in [2.24, 2.45) is 0 Å². The van der Waals surface area contributed by atoms with Crippen molar-refractivity contribution < 1.29 is 20.1 Å². The summed E-state index contributed by atoms with van der Waals surface area (Å²) in [5.41, 5.74) is 28.3. The van der Waals surface area contributed by atoms with E-state index in [0.29, 0.717) is 0 Å². The number of hydrogen-bond acceptors (Lipinski definition) is 9. The van der Waals surface area contributed by atoms with Crippen molar-refractivity contribution >= 4 is 59.7 Å². The van der Waals surface area contributed by atoms with Gasteiger partial charge in [0.15, 0.2) is 11.6 Å². The van der Waals surface area contributed by atoms with Gasteiger partial charge in [-0.05, 0) is 152 Å². The Morgan fingerprint density at radius 3 is 0.898 bits per heavy atom. The van der Waals surface area contributed by atoms with E-state index in [9.17, 15) is 0 Å². The summed E-state index contributed by atoms with van der Waals surface area (Å²) < 4.78 is 2.14. The Morgan fingerprint density at radius 1 is 0.283 bits per heavy atom. The summed E-state index contributed by atoms with van der Waals surface area (Å²) in [5.74, 6) is 1.67. The minimum Gasteiger partial charge on any atom is -0.305 e. The summed E-state index contributed by atoms with van der Waals surface area (Å²) in [6.07, 6.45) is 9.12. The van der Waals surface area contributed by atoms with Crippen molar-refractivity contribution in [3.63, 3.8) is 0 Å². The zero-order valence-corrected chi connectivity index (χ0v) is 75.1. The molecule has 0 amide bonds. The van der Waals surface area contributed by atoms with Crippen LogP contribution in [0, 0.1) is 32.0 Å². The molecule has 0 spiro atoms. The number of aryl methyl sites for hydroxylation is 2. The molecule has 0 bridgehead atoms. The minimum atomic E-state index is 0. The van der Waals surface area contributed by atoms with Crippen molar-refractivity contribution in [1.29, 1.82) is 0 Å². The maximum Gasteiger partial charge on any atom is 3.00 e. The molecule has 1 radical (unpaired) electrons. The quantitative estimate of drug-likeness (QED) is 0.0539. The van der Waals surface area contributed by atoms with Crippen molar-refractivity contribution in [3.05, 3.63) is 473 Å². The fourth-order valence-electron chi connectivity index (χ4n) is 14.8. The number of rotatable bonds is 11. The Morgan fingerprint density at radius 2 is 0.575 bits per heavy atom. The second-order valence-electron chi connectivity index (χ2n) is 30.6. The van der Waals surface area contributed by atoms with Crippen LogP contribution in [0.4, 0.5) is 0 Å². The fraction of sp³-hybridized carbons (Fsp3) is 0.0614. The molecule has 0 fully saturated rings. The molecule has 10 nitrogen and oxygen atoms in total. The number of benzene rings is 13. The monoisotopic (exact) mass is 1840 g/mol. The summed E-state index contributed by atoms with van der Waals surface area (Å²) in [6, 6.07) is 147. The maximum atomic E-state index is 4.90. The first kappa shape index (κ1) is 88.5. The van der Waals surface area contributed by atoms with Gasteiger partial charge in [0.2, 0.25) is 0 Å². The Balaban J connectivity index is 0.000000128. The van der Waals surface area contributed by atoms with Gasteiger partial charge in [-0.15, -0.1) is 118 Å². The van der Waals surface area contributed by atoms with E-state index >= 15 is 0 Å². The van der Waals surface area contributed by atoms with Crippen molar-refractivity contribution in [2.75, 3.05) is 0 Å². The van der Waals surface area contributed by atoms with E-state index in [1.54, 1.807) is 18.6 Å². The third kappa shape index (κ3) is 22.6. The molecule has 8 aromatic heterocycles. The van der Waals surface area contributed by atoms with Gasteiger partial charge in [0.1, 0.15) is 7.00 Å². The summed E-state index contributed by atoms with van der Waals surface area (Å²) in [6.45, 7) is 14.7. The summed E-state index contributed by atoms with van der Waals surface area (Å²) in [4.78, 5) is 31.8. The summed E-state index contributed by atoms with van der Waals surface area (Å²) in [7, 11) is 2.45. The first-order chi connectivity index (χ1) is 61.9. The zero-order chi connectivity index (χ0) is 86.7. The van der Waals surface area contributed by atoms with Gasteiger partial charge in [-0.2, -0.15) is 9.12 Å². The van der Waals surface area contributed by atoms with Gasteiger partial charge >= 0.3 is 20.1 Å². The molecule has 21 rings (SSSR count). The average Bonchev–Trinajstić information content (AvgIpc) is 1.50. The van der Waals surface area contributed by atoms with Crippen molar-refractivity contribution in [2.45, 2.75) is 46.9 Å². The molecule has 13 aromatic carbocycles. The third-order valence-electron chi connectivity index (χ3n) is 20.9. The van der Waals surface area contributed by atoms with E-state index in [-0.39, 0.29) is 25.5 Å². The molecule has 0 N–H and O–H groups in total. The molecule has 0 aliphatic rings. The van der Waals surface area contributed by atoms with Crippen LogP contribution < -0.4 is 0 Å². The second kappa shape index (κ2) is 44.0. The SMILES string of the molecule is CC(C)(C)c1ccc(-c2nnc(-c3ccc(-c4ccccc4)cc3)n2-c2ccccc2)cc1.C[B]P.Cc1cc(-c2ccccc2)c2ccc3c(-c4ccccc4)cc(C)nc3c2n1.[Ir+3].[c-]1ccccc1-c1ccccn1.[c-]1ccccc1-c1ccccn1.[c-]1ccccc1-c1ccccn1.c1ccc(-c2ccnc3c2ccc2c(-c4ccccc4)ccnc23)cc1. The van der Waals surface area contributed by atoms with Gasteiger partial charge in [0.05, 0.1) is 22.1 Å². The fourth-order valence-corrected chi connectivity index (χ4v) is 14.8. The molecule has 0 aliphatic heterocycles. The molecular formula is C114H92BIrN10P. The molecule has 13 heteroatoms. The van der Waals surface area contributed by atoms with Crippen LogP contribution in [-0.2, 0) is 25.5 Å². The van der Waals surface area contributed by atoms with Gasteiger partial charge in [0.25, 0.3) is 0 Å². The standard InChI is InChI=1S/C30H27N3.C26H20N2.C24H16N2.3C11H8N.CH5BP.Ir/c1-30(2,3)26-20-18-25(19-21-26)29-32-31-28(33(29)27-12-8-5-9-13-27)24-16-14-23(15-17-24)22-10-6-4-7-11-22;1-17-15-23(19-9-5-3-6-10-19)21-13-14-22-24(20-11-7-4-8-12-20)16-18(2)28-26(22)25(21)27-17;1-3-7-17(8-4-1)19-13-15-25-23-21(19)11-12-22-20(14-16-26-24(22)23)18-9-5-2-6-10-18;3*1-2-6-10(7-3-1)11-8-4-5-9-12-11;1-2-3;/h4-21H,1-3H3;3-16H,1-2H3;1-16H;3*1-6,8-9H;3H2,1H3;/q;;;3*-1;;+3. The predicted octanol–water partition coefficient (Wildman–Crippen LogP) is 28.6. The Labute approximate surface area is 761 Å². The first-order valence-corrected chi connectivity index (χ1v) is 42.6. The number of para-hydroxylation sites is 1. The van der Waals surface area contributed by atoms with Crippen LogP contribution in [0.1, 0.15) is 37.7 Å². The number of pyridine rings is 7. The minimum absolute atomic E-state index is 0. The van der Waals surface area contributed by atoms with Crippen molar-refractivity contribution in [3.8, 4) is 118 Å². The van der Waals surface area contributed by atoms with Gasteiger partial charge in [-0.3, -0.25) is 24.5 Å². The van der Waals surface area contributed by atoms with E-state index in [0.717, 1.165) is 117 Å². The Kier molecular flexibility index (Phi) is 30.7.